The van der Waals surface area contributed by atoms with E-state index in [0.717, 1.165) is 19.1 Å². The normalized spacial score (nSPS) is 49.6. The van der Waals surface area contributed by atoms with Crippen molar-refractivity contribution in [2.75, 3.05) is 33.5 Å². The van der Waals surface area contributed by atoms with E-state index in [1.54, 1.807) is 0 Å². The van der Waals surface area contributed by atoms with Crippen molar-refractivity contribution in [1.29, 1.82) is 0 Å². The van der Waals surface area contributed by atoms with Crippen molar-refractivity contribution >= 4 is 26.8 Å². The zero-order valence-corrected chi connectivity index (χ0v) is 56.5. The minimum atomic E-state index is -5.56. The van der Waals surface area contributed by atoms with E-state index in [-0.39, 0.29) is 94.4 Å². The van der Waals surface area contributed by atoms with Gasteiger partial charge in [-0.05, 0) is 75.0 Å². The molecular weight excluding hydrogens is 1250 g/mol. The van der Waals surface area contributed by atoms with Crippen LogP contribution in [-0.4, -0.2) is 270 Å². The third kappa shape index (κ3) is 13.6. The quantitative estimate of drug-likeness (QED) is 0.0200. The summed E-state index contributed by atoms with van der Waals surface area (Å²) in [5, 5.41) is 112. The van der Waals surface area contributed by atoms with E-state index in [9.17, 15) is 81.8 Å². The maximum Gasteiger partial charge on any atom is 1.00 e. The number of aliphatic hydroxyl groups excluding tert-OH is 10. The summed E-state index contributed by atoms with van der Waals surface area (Å²) < 4.78 is 152. The van der Waals surface area contributed by atoms with Crippen molar-refractivity contribution < 1.29 is 206 Å². The van der Waals surface area contributed by atoms with Crippen LogP contribution >= 0.6 is 0 Å². The third-order valence-corrected chi connectivity index (χ3v) is 21.7. The SMILES string of the molecule is C=C(C)[C@H]1[C@@H]2C[C@@]3(C)C4=CCC5C(C)(C)[C@@H](O[C@@H]6OC[C@@H](OS(=O)(=O)[O-])[C@H](O)[C@H]6O[C@@H]6O[C@H](C)[C@@H](O[C@@H]7O[C@H](COS(=O)(=O)[O-])[C@@H](O)[C@H](O[C@@H]8OC[C@@H](O)[C@H](OC)[C@H]8O)[C@H]7O)[C@H](O)[C@H]6O[C@@H]6O[C@H](CO)[C@@H](O)[C@H](O)[C@H]6O)CC[C@]5(C)[C@H]4CC[C@]13C(=O)O2.[Na+].[Na+]. The number of esters is 1. The summed E-state index contributed by atoms with van der Waals surface area (Å²) in [6.45, 7) is 12.6. The van der Waals surface area contributed by atoms with Gasteiger partial charge in [-0.25, -0.2) is 16.8 Å². The number of rotatable bonds is 18. The van der Waals surface area contributed by atoms with Crippen LogP contribution in [0.15, 0.2) is 23.8 Å². The Morgan fingerprint density at radius 2 is 1.29 bits per heavy atom. The molecule has 9 fully saturated rings. The predicted molar refractivity (Wildman–Crippen MR) is 281 cm³/mol. The number of hydrogen-bond donors (Lipinski definition) is 10. The molecule has 2 bridgehead atoms. The van der Waals surface area contributed by atoms with E-state index in [1.807, 2.05) is 20.8 Å². The van der Waals surface area contributed by atoms with Gasteiger partial charge >= 0.3 is 65.1 Å². The van der Waals surface area contributed by atoms with Gasteiger partial charge in [0.2, 0.25) is 20.8 Å². The molecule has 31 nitrogen and oxygen atoms in total. The van der Waals surface area contributed by atoms with Crippen molar-refractivity contribution in [1.82, 2.24) is 0 Å². The van der Waals surface area contributed by atoms with Crippen LogP contribution in [-0.2, 0) is 90.8 Å². The fourth-order valence-corrected chi connectivity index (χ4v) is 17.3. The molecule has 0 radical (unpaired) electrons. The number of fused-ring (bicyclic) bond motifs is 5. The summed E-state index contributed by atoms with van der Waals surface area (Å²) >= 11 is 0. The molecule has 10 N–H and O–H groups in total. The molecule has 0 aromatic rings. The first-order valence-electron chi connectivity index (χ1n) is 29.2. The number of carbonyl (C=O) groups is 1. The maximum atomic E-state index is 13.9. The van der Waals surface area contributed by atoms with Gasteiger partial charge in [-0.1, -0.05) is 51.5 Å². The Balaban J connectivity index is 0.00000512. The molecule has 3 saturated carbocycles. The third-order valence-electron chi connectivity index (χ3n) is 20.8. The Kier molecular flexibility index (Phi) is 23.5. The number of aliphatic hydroxyl groups is 10. The van der Waals surface area contributed by atoms with Gasteiger partial charge in [0.15, 0.2) is 31.5 Å². The Morgan fingerprint density at radius 3 is 1.93 bits per heavy atom. The molecule has 10 rings (SSSR count). The zero-order valence-electron chi connectivity index (χ0n) is 50.9. The molecule has 1 spiro atoms. The second-order valence-electron chi connectivity index (χ2n) is 26.0. The molecule has 0 aromatic carbocycles. The largest absolute Gasteiger partial charge is 1.00 e. The van der Waals surface area contributed by atoms with Crippen molar-refractivity contribution in [3.05, 3.63) is 23.8 Å². The molecule has 31 atom stereocenters. The van der Waals surface area contributed by atoms with Crippen LogP contribution < -0.4 is 59.1 Å². The molecule has 4 aliphatic carbocycles. The summed E-state index contributed by atoms with van der Waals surface area (Å²) in [5.74, 6) is -0.250. The smallest absolute Gasteiger partial charge is 0.726 e. The maximum absolute atomic E-state index is 13.9. The second-order valence-corrected chi connectivity index (χ2v) is 28.1. The minimum absolute atomic E-state index is 0. The molecule has 498 valence electrons. The van der Waals surface area contributed by atoms with E-state index >= 15 is 0 Å². The minimum Gasteiger partial charge on any atom is -0.726 e. The topological polar surface area (TPSA) is 463 Å². The van der Waals surface area contributed by atoms with Crippen LogP contribution in [0.1, 0.15) is 80.1 Å². The average molecular weight is 1340 g/mol. The van der Waals surface area contributed by atoms with Gasteiger partial charge in [0.1, 0.15) is 110 Å². The van der Waals surface area contributed by atoms with Crippen molar-refractivity contribution in [3.63, 3.8) is 0 Å². The molecule has 10 aliphatic rings. The average Bonchev–Trinajstić information content (AvgIpc) is 1.55. The first-order valence-corrected chi connectivity index (χ1v) is 31.8. The van der Waals surface area contributed by atoms with Crippen LogP contribution in [0.2, 0.25) is 0 Å². The summed E-state index contributed by atoms with van der Waals surface area (Å²) in [4.78, 5) is 13.9. The van der Waals surface area contributed by atoms with E-state index in [1.165, 1.54) is 12.5 Å². The van der Waals surface area contributed by atoms with Crippen LogP contribution in [0.5, 0.6) is 0 Å². The van der Waals surface area contributed by atoms with E-state index in [2.05, 4.69) is 30.7 Å². The molecule has 0 amide bonds. The standard InChI is InChI=1S/C54H84O31S2.2Na/c1-20(2)31-25-15-53(7)23-9-10-29-51(4,5)30(12-13-52(29,6)22(23)11-14-54(31,53)50(65)79-25)80-48-43(34(59)28(18-74-48)85-87(69,70)71)84-49-44(83-46-36(61)35(60)32(57)26(16-55)77-46)37(62)40(21(3)76-49)81-47-39(64)42(33(58)27(78-47)19-75-86(66,67)68)82-45-38(63)41(72-8)24(56)17-73-45;;/h9,21-22,24-49,55-64H,1,10-19H2,2-8H3,(H,66,67,68)(H,69,70,71);;/q;2*+1/p-2/t21-,22+,24-,25+,26-,27-,28-,29?,30+,31+,32-,33-,34+,35+,36-,37+,38-,39-,40-,41+,42+,43-,44-,45+,46+,47+,48+,49+,52-,53+,54-;;/m1../s1. The van der Waals surface area contributed by atoms with Gasteiger partial charge in [0.25, 0.3) is 0 Å². The van der Waals surface area contributed by atoms with Gasteiger partial charge in [-0.15, -0.1) is 0 Å². The Hall–Kier alpha value is -0.150. The fraction of sp³-hybridized carbons (Fsp3) is 0.907. The molecule has 6 heterocycles. The summed E-state index contributed by atoms with van der Waals surface area (Å²) in [7, 11) is -9.88. The predicted octanol–water partition coefficient (Wildman–Crippen LogP) is -9.90. The number of carbonyl (C=O) groups excluding carboxylic acids is 1. The number of hydrogen-bond acceptors (Lipinski definition) is 31. The van der Waals surface area contributed by atoms with Gasteiger partial charge in [0.05, 0.1) is 44.1 Å². The molecule has 6 aliphatic heterocycles. The van der Waals surface area contributed by atoms with Crippen molar-refractivity contribution in [2.24, 2.45) is 39.4 Å². The number of ether oxygens (including phenoxy) is 12. The monoisotopic (exact) mass is 1340 g/mol. The van der Waals surface area contributed by atoms with Crippen LogP contribution in [0.3, 0.4) is 0 Å². The summed E-state index contributed by atoms with van der Waals surface area (Å²) in [5.41, 5.74) is -0.0366. The van der Waals surface area contributed by atoms with E-state index in [4.69, 9.17) is 61.0 Å². The molecular formula is C54H82Na2O31S2. The van der Waals surface area contributed by atoms with Crippen molar-refractivity contribution in [3.8, 4) is 0 Å². The molecule has 89 heavy (non-hydrogen) atoms. The molecule has 35 heteroatoms. The van der Waals surface area contributed by atoms with Crippen LogP contribution in [0, 0.1) is 39.4 Å². The Morgan fingerprint density at radius 1 is 0.685 bits per heavy atom. The van der Waals surface area contributed by atoms with Gasteiger partial charge in [0, 0.05) is 18.4 Å². The van der Waals surface area contributed by atoms with Gasteiger partial charge in [-0.3, -0.25) is 13.2 Å². The van der Waals surface area contributed by atoms with Gasteiger partial charge < -0.3 is 117 Å². The molecule has 0 aromatic heterocycles. The number of methoxy groups -OCH3 is 1. The molecule has 6 saturated heterocycles. The second kappa shape index (κ2) is 28.0. The molecule has 1 unspecified atom stereocenters. The Labute approximate surface area is 559 Å². The first kappa shape index (κ1) is 74.6. The van der Waals surface area contributed by atoms with E-state index in [0.29, 0.717) is 32.1 Å². The summed E-state index contributed by atoms with van der Waals surface area (Å²) in [6, 6.07) is 0. The van der Waals surface area contributed by atoms with Crippen LogP contribution in [0.25, 0.3) is 0 Å². The fourth-order valence-electron chi connectivity index (χ4n) is 16.5. The number of allylic oxidation sites excluding steroid dienone is 2. The van der Waals surface area contributed by atoms with Crippen LogP contribution in [0.4, 0.5) is 0 Å². The Bertz CT molecular complexity index is 2770. The first-order chi connectivity index (χ1) is 40.6. The van der Waals surface area contributed by atoms with Gasteiger partial charge in [-0.2, -0.15) is 0 Å². The zero-order chi connectivity index (χ0) is 63.6. The van der Waals surface area contributed by atoms with Crippen molar-refractivity contribution in [2.45, 2.75) is 234 Å². The van der Waals surface area contributed by atoms with E-state index < -0.39 is 211 Å². The summed E-state index contributed by atoms with van der Waals surface area (Å²) in [6.07, 6.45) is -39.0.